The number of amides is 1. The number of nitrogens with zero attached hydrogens (tertiary/aromatic N) is 3. The molecule has 0 saturated heterocycles. The van der Waals surface area contributed by atoms with Gasteiger partial charge in [0.05, 0.1) is 5.75 Å². The van der Waals surface area contributed by atoms with E-state index in [4.69, 9.17) is 0 Å². The molecule has 4 rings (SSSR count). The summed E-state index contributed by atoms with van der Waals surface area (Å²) in [5, 5.41) is 12.6. The van der Waals surface area contributed by atoms with Crippen molar-refractivity contribution in [1.82, 2.24) is 14.8 Å². The number of carbonyl (C=O) groups excluding carboxylic acids is 1. The number of carbonyl (C=O) groups is 1. The van der Waals surface area contributed by atoms with E-state index in [0.717, 1.165) is 16.7 Å². The van der Waals surface area contributed by atoms with Crippen LogP contribution in [-0.4, -0.2) is 26.4 Å². The Morgan fingerprint density at radius 2 is 1.85 bits per heavy atom. The summed E-state index contributed by atoms with van der Waals surface area (Å²) in [6.45, 7) is 6.55. The highest BCUT2D eigenvalue weighted by molar-refractivity contribution is 7.99. The highest BCUT2D eigenvalue weighted by atomic mass is 32.2. The first-order valence-corrected chi connectivity index (χ1v) is 10.4. The van der Waals surface area contributed by atoms with E-state index in [2.05, 4.69) is 53.0 Å². The highest BCUT2D eigenvalue weighted by Gasteiger charge is 2.36. The molecule has 1 heterocycles. The van der Waals surface area contributed by atoms with Crippen LogP contribution in [0.2, 0.25) is 0 Å². The van der Waals surface area contributed by atoms with E-state index in [1.165, 1.54) is 43.0 Å². The topological polar surface area (TPSA) is 59.8 Å². The zero-order chi connectivity index (χ0) is 18.3. The summed E-state index contributed by atoms with van der Waals surface area (Å²) in [7, 11) is 0. The van der Waals surface area contributed by atoms with Gasteiger partial charge in [-0.3, -0.25) is 4.79 Å². The van der Waals surface area contributed by atoms with Gasteiger partial charge in [0.25, 0.3) is 0 Å². The van der Waals surface area contributed by atoms with Gasteiger partial charge in [0.2, 0.25) is 5.91 Å². The molecule has 0 radical (unpaired) electrons. The van der Waals surface area contributed by atoms with Gasteiger partial charge in [-0.1, -0.05) is 44.7 Å². The molecule has 6 heteroatoms. The Labute approximate surface area is 159 Å². The van der Waals surface area contributed by atoms with E-state index in [-0.39, 0.29) is 11.3 Å². The third kappa shape index (κ3) is 3.95. The van der Waals surface area contributed by atoms with E-state index < -0.39 is 0 Å². The number of nitrogens with one attached hydrogen (secondary N) is 1. The van der Waals surface area contributed by atoms with Gasteiger partial charge in [-0.25, -0.2) is 0 Å². The lowest BCUT2D eigenvalue weighted by molar-refractivity contribution is -0.113. The van der Waals surface area contributed by atoms with Gasteiger partial charge in [0, 0.05) is 17.6 Å². The van der Waals surface area contributed by atoms with Crippen molar-refractivity contribution >= 4 is 23.4 Å². The van der Waals surface area contributed by atoms with E-state index in [1.807, 2.05) is 12.1 Å². The van der Waals surface area contributed by atoms with Crippen molar-refractivity contribution in [3.8, 4) is 0 Å². The van der Waals surface area contributed by atoms with Crippen LogP contribution in [0, 0.1) is 0 Å². The highest BCUT2D eigenvalue weighted by Crippen LogP contribution is 2.45. The van der Waals surface area contributed by atoms with Crippen LogP contribution in [0.25, 0.3) is 0 Å². The van der Waals surface area contributed by atoms with E-state index in [9.17, 15) is 4.79 Å². The predicted molar refractivity (Wildman–Crippen MR) is 105 cm³/mol. The Morgan fingerprint density at radius 1 is 1.15 bits per heavy atom. The molecule has 26 heavy (non-hydrogen) atoms. The van der Waals surface area contributed by atoms with E-state index >= 15 is 0 Å². The number of hydrogen-bond donors (Lipinski definition) is 1. The number of anilines is 1. The molecule has 0 bridgehead atoms. The second-order valence-corrected chi connectivity index (χ2v) is 9.32. The van der Waals surface area contributed by atoms with Crippen LogP contribution in [0.5, 0.6) is 0 Å². The maximum Gasteiger partial charge on any atom is 0.234 e. The van der Waals surface area contributed by atoms with Crippen molar-refractivity contribution in [2.24, 2.45) is 0 Å². The number of rotatable bonds is 6. The average molecular weight is 371 g/mol. The lowest BCUT2D eigenvalue weighted by Gasteiger charge is -2.19. The molecule has 0 spiro atoms. The molecule has 5 nitrogen and oxygen atoms in total. The first kappa shape index (κ1) is 17.6. The molecular weight excluding hydrogens is 344 g/mol. The molecule has 2 aliphatic rings. The molecule has 1 aromatic carbocycles. The molecule has 1 amide bonds. The maximum atomic E-state index is 12.3. The van der Waals surface area contributed by atoms with Crippen LogP contribution in [0.1, 0.15) is 69.8 Å². The zero-order valence-corrected chi connectivity index (χ0v) is 16.5. The number of aromatic nitrogens is 3. The van der Waals surface area contributed by atoms with Crippen LogP contribution in [-0.2, 0) is 10.2 Å². The quantitative estimate of drug-likeness (QED) is 0.760. The first-order valence-electron chi connectivity index (χ1n) is 9.40. The van der Waals surface area contributed by atoms with Crippen LogP contribution < -0.4 is 5.32 Å². The molecular formula is C20H26N4OS. The SMILES string of the molecule is CC(C)(C)c1ccc(NC(=O)CSc2nnc(C3CC3)n2C2CC2)cc1. The number of hydrogen-bond acceptors (Lipinski definition) is 4. The fraction of sp³-hybridized carbons (Fsp3) is 0.550. The Bertz CT molecular complexity index is 798. The summed E-state index contributed by atoms with van der Waals surface area (Å²) < 4.78 is 2.29. The molecule has 138 valence electrons. The summed E-state index contributed by atoms with van der Waals surface area (Å²) in [5.41, 5.74) is 2.21. The average Bonchev–Trinajstić information content (AvgIpc) is 3.51. The van der Waals surface area contributed by atoms with Gasteiger partial charge < -0.3 is 9.88 Å². The molecule has 2 aromatic rings. The van der Waals surface area contributed by atoms with Gasteiger partial charge >= 0.3 is 0 Å². The zero-order valence-electron chi connectivity index (χ0n) is 15.7. The fourth-order valence-electron chi connectivity index (χ4n) is 3.06. The first-order chi connectivity index (χ1) is 12.4. The molecule has 1 aromatic heterocycles. The van der Waals surface area contributed by atoms with Crippen LogP contribution >= 0.6 is 11.8 Å². The van der Waals surface area contributed by atoms with E-state index in [0.29, 0.717) is 17.7 Å². The van der Waals surface area contributed by atoms with E-state index in [1.54, 1.807) is 0 Å². The van der Waals surface area contributed by atoms with Crippen molar-refractivity contribution in [2.75, 3.05) is 11.1 Å². The van der Waals surface area contributed by atoms with Crippen molar-refractivity contribution in [2.45, 2.75) is 69.0 Å². The molecule has 0 unspecified atom stereocenters. The van der Waals surface area contributed by atoms with Crippen molar-refractivity contribution < 1.29 is 4.79 Å². The fourth-order valence-corrected chi connectivity index (χ4v) is 3.88. The third-order valence-electron chi connectivity index (χ3n) is 4.91. The van der Waals surface area contributed by atoms with Crippen molar-refractivity contribution in [1.29, 1.82) is 0 Å². The van der Waals surface area contributed by atoms with Gasteiger partial charge in [-0.05, 0) is 48.8 Å². The Balaban J connectivity index is 1.36. The van der Waals surface area contributed by atoms with Crippen LogP contribution in [0.4, 0.5) is 5.69 Å². The second-order valence-electron chi connectivity index (χ2n) is 8.38. The summed E-state index contributed by atoms with van der Waals surface area (Å²) in [4.78, 5) is 12.3. The normalized spacial score (nSPS) is 17.3. The largest absolute Gasteiger partial charge is 0.325 e. The minimum atomic E-state index is -0.00294. The summed E-state index contributed by atoms with van der Waals surface area (Å²) in [6, 6.07) is 8.65. The van der Waals surface area contributed by atoms with Gasteiger partial charge in [-0.2, -0.15) is 0 Å². The van der Waals surface area contributed by atoms with Crippen molar-refractivity contribution in [3.05, 3.63) is 35.7 Å². The number of benzene rings is 1. The Hall–Kier alpha value is -1.82. The molecule has 0 atom stereocenters. The molecule has 0 aliphatic heterocycles. The molecule has 1 N–H and O–H groups in total. The van der Waals surface area contributed by atoms with Gasteiger partial charge in [0.1, 0.15) is 5.82 Å². The maximum absolute atomic E-state index is 12.3. The summed E-state index contributed by atoms with van der Waals surface area (Å²) >= 11 is 1.49. The minimum absolute atomic E-state index is 0.00294. The Morgan fingerprint density at radius 3 is 2.42 bits per heavy atom. The van der Waals surface area contributed by atoms with Crippen LogP contribution in [0.3, 0.4) is 0 Å². The van der Waals surface area contributed by atoms with Crippen molar-refractivity contribution in [3.63, 3.8) is 0 Å². The predicted octanol–water partition coefficient (Wildman–Crippen LogP) is 4.52. The monoisotopic (exact) mass is 370 g/mol. The Kier molecular flexibility index (Phi) is 4.55. The lowest BCUT2D eigenvalue weighted by Crippen LogP contribution is -2.15. The third-order valence-corrected chi connectivity index (χ3v) is 5.86. The lowest BCUT2D eigenvalue weighted by atomic mass is 9.87. The molecule has 2 aliphatic carbocycles. The smallest absolute Gasteiger partial charge is 0.234 e. The second kappa shape index (κ2) is 6.72. The summed E-state index contributed by atoms with van der Waals surface area (Å²) in [6.07, 6.45) is 4.86. The summed E-state index contributed by atoms with van der Waals surface area (Å²) in [5.74, 6) is 2.08. The van der Waals surface area contributed by atoms with Crippen LogP contribution in [0.15, 0.2) is 29.4 Å². The van der Waals surface area contributed by atoms with Gasteiger partial charge in [-0.15, -0.1) is 10.2 Å². The molecule has 2 saturated carbocycles. The van der Waals surface area contributed by atoms with Gasteiger partial charge in [0.15, 0.2) is 5.16 Å². The minimum Gasteiger partial charge on any atom is -0.325 e. The number of thioether (sulfide) groups is 1. The standard InChI is InChI=1S/C20H26N4OS/c1-20(2,3)14-6-8-15(9-7-14)21-17(25)12-26-19-23-22-18(13-4-5-13)24(19)16-10-11-16/h6-9,13,16H,4-5,10-12H2,1-3H3,(H,21,25). The molecule has 2 fully saturated rings.